The van der Waals surface area contributed by atoms with Crippen LogP contribution in [0.2, 0.25) is 0 Å². The molecular weight excluding hydrogens is 210 g/mol. The number of nitrogens with one attached hydrogen (secondary N) is 1. The Kier molecular flexibility index (Phi) is 4.72. The maximum atomic E-state index is 5.52. The van der Waals surface area contributed by atoms with Gasteiger partial charge in [-0.25, -0.2) is 0 Å². The number of rotatable bonds is 5. The topological polar surface area (TPSA) is 21.3 Å². The van der Waals surface area contributed by atoms with Gasteiger partial charge in [0.25, 0.3) is 0 Å². The van der Waals surface area contributed by atoms with Crippen molar-refractivity contribution in [3.8, 4) is 0 Å². The Morgan fingerprint density at radius 1 is 1.29 bits per heavy atom. The lowest BCUT2D eigenvalue weighted by Crippen LogP contribution is -2.30. The van der Waals surface area contributed by atoms with Gasteiger partial charge in [0, 0.05) is 13.2 Å². The van der Waals surface area contributed by atoms with Crippen molar-refractivity contribution in [2.24, 2.45) is 0 Å². The zero-order valence-electron chi connectivity index (χ0n) is 11.9. The van der Waals surface area contributed by atoms with Crippen molar-refractivity contribution in [1.82, 2.24) is 5.32 Å². The highest BCUT2D eigenvalue weighted by molar-refractivity contribution is 5.35. The van der Waals surface area contributed by atoms with Gasteiger partial charge in [-0.3, -0.25) is 0 Å². The van der Waals surface area contributed by atoms with E-state index < -0.39 is 0 Å². The minimum atomic E-state index is -0.107. The van der Waals surface area contributed by atoms with Gasteiger partial charge in [0.05, 0.1) is 5.60 Å². The predicted octanol–water partition coefficient (Wildman–Crippen LogP) is 3.38. The summed E-state index contributed by atoms with van der Waals surface area (Å²) < 4.78 is 5.52. The average Bonchev–Trinajstić information content (AvgIpc) is 2.30. The zero-order chi connectivity index (χ0) is 13.1. The summed E-state index contributed by atoms with van der Waals surface area (Å²) in [7, 11) is 3.79. The molecule has 2 nitrogen and oxygen atoms in total. The van der Waals surface area contributed by atoms with Crippen LogP contribution >= 0.6 is 0 Å². The second-order valence-corrected chi connectivity index (χ2v) is 5.30. The van der Waals surface area contributed by atoms with Gasteiger partial charge in [-0.1, -0.05) is 18.2 Å². The molecule has 0 aromatic heterocycles. The molecule has 0 fully saturated rings. The Morgan fingerprint density at radius 2 is 1.94 bits per heavy atom. The molecule has 17 heavy (non-hydrogen) atoms. The fourth-order valence-corrected chi connectivity index (χ4v) is 2.09. The van der Waals surface area contributed by atoms with E-state index in [0.29, 0.717) is 6.04 Å². The number of hydrogen-bond donors (Lipinski definition) is 1. The van der Waals surface area contributed by atoms with Crippen LogP contribution in [0.15, 0.2) is 18.2 Å². The number of benzene rings is 1. The van der Waals surface area contributed by atoms with Crippen LogP contribution in [0, 0.1) is 13.8 Å². The third-order valence-electron chi connectivity index (χ3n) is 3.62. The molecule has 0 spiro atoms. The molecule has 1 aromatic rings. The molecule has 1 aromatic carbocycles. The molecule has 1 rings (SSSR count). The first-order chi connectivity index (χ1) is 7.91. The molecule has 0 bridgehead atoms. The van der Waals surface area contributed by atoms with E-state index in [9.17, 15) is 0 Å². The molecular formula is C15H25NO. The summed E-state index contributed by atoms with van der Waals surface area (Å²) in [6.45, 7) is 8.60. The first-order valence-corrected chi connectivity index (χ1v) is 6.20. The second kappa shape index (κ2) is 5.65. The lowest BCUT2D eigenvalue weighted by Gasteiger charge is -2.29. The maximum Gasteiger partial charge on any atom is 0.0640 e. The fraction of sp³-hybridized carbons (Fsp3) is 0.600. The number of hydrogen-bond acceptors (Lipinski definition) is 2. The van der Waals surface area contributed by atoms with Gasteiger partial charge in [-0.2, -0.15) is 0 Å². The molecule has 1 atom stereocenters. The first-order valence-electron chi connectivity index (χ1n) is 6.20. The molecule has 0 amide bonds. The van der Waals surface area contributed by atoms with Crippen molar-refractivity contribution in [3.63, 3.8) is 0 Å². The molecule has 0 aliphatic heterocycles. The Hall–Kier alpha value is -0.860. The summed E-state index contributed by atoms with van der Waals surface area (Å²) in [5.74, 6) is 0. The summed E-state index contributed by atoms with van der Waals surface area (Å²) in [6.07, 6.45) is 0.963. The molecule has 0 aliphatic rings. The SMILES string of the molecule is CNC(CC(C)(C)OC)c1cccc(C)c1C. The highest BCUT2D eigenvalue weighted by Gasteiger charge is 2.24. The monoisotopic (exact) mass is 235 g/mol. The lowest BCUT2D eigenvalue weighted by molar-refractivity contribution is 0.00740. The van der Waals surface area contributed by atoms with Gasteiger partial charge < -0.3 is 10.1 Å². The largest absolute Gasteiger partial charge is 0.379 e. The Bertz CT molecular complexity index is 371. The van der Waals surface area contributed by atoms with Crippen molar-refractivity contribution >= 4 is 0 Å². The van der Waals surface area contributed by atoms with Gasteiger partial charge in [-0.05, 0) is 57.9 Å². The van der Waals surface area contributed by atoms with Crippen LogP contribution in [-0.4, -0.2) is 19.8 Å². The quantitative estimate of drug-likeness (QED) is 0.844. The van der Waals surface area contributed by atoms with Crippen molar-refractivity contribution in [2.45, 2.75) is 45.8 Å². The summed E-state index contributed by atoms with van der Waals surface area (Å²) in [5.41, 5.74) is 3.98. The van der Waals surface area contributed by atoms with Gasteiger partial charge in [0.2, 0.25) is 0 Å². The van der Waals surface area contributed by atoms with Crippen LogP contribution < -0.4 is 5.32 Å². The first kappa shape index (κ1) is 14.2. The van der Waals surface area contributed by atoms with Crippen molar-refractivity contribution in [2.75, 3.05) is 14.2 Å². The van der Waals surface area contributed by atoms with Gasteiger partial charge >= 0.3 is 0 Å². The molecule has 96 valence electrons. The summed E-state index contributed by atoms with van der Waals surface area (Å²) >= 11 is 0. The molecule has 1 unspecified atom stereocenters. The van der Waals surface area contributed by atoms with Crippen LogP contribution in [0.4, 0.5) is 0 Å². The normalized spacial score (nSPS) is 13.8. The molecule has 0 saturated carbocycles. The number of methoxy groups -OCH3 is 1. The number of aryl methyl sites for hydroxylation is 1. The van der Waals surface area contributed by atoms with Crippen molar-refractivity contribution < 1.29 is 4.74 Å². The molecule has 2 heteroatoms. The smallest absolute Gasteiger partial charge is 0.0640 e. The minimum Gasteiger partial charge on any atom is -0.379 e. The third-order valence-corrected chi connectivity index (χ3v) is 3.62. The summed E-state index contributed by atoms with van der Waals surface area (Å²) in [4.78, 5) is 0. The third kappa shape index (κ3) is 3.55. The van der Waals surface area contributed by atoms with E-state index in [1.165, 1.54) is 16.7 Å². The second-order valence-electron chi connectivity index (χ2n) is 5.30. The fourth-order valence-electron chi connectivity index (χ4n) is 2.09. The van der Waals surface area contributed by atoms with E-state index >= 15 is 0 Å². The van der Waals surface area contributed by atoms with E-state index in [0.717, 1.165) is 6.42 Å². The zero-order valence-corrected chi connectivity index (χ0v) is 11.9. The Labute approximate surface area is 105 Å². The van der Waals surface area contributed by atoms with Crippen LogP contribution in [0.5, 0.6) is 0 Å². The molecule has 0 radical (unpaired) electrons. The van der Waals surface area contributed by atoms with Gasteiger partial charge in [0.1, 0.15) is 0 Å². The predicted molar refractivity (Wildman–Crippen MR) is 73.4 cm³/mol. The standard InChI is InChI=1S/C15H25NO/c1-11-8-7-9-13(12(11)2)14(16-5)10-15(3,4)17-6/h7-9,14,16H,10H2,1-6H3. The van der Waals surface area contributed by atoms with Crippen LogP contribution in [0.3, 0.4) is 0 Å². The molecule has 0 saturated heterocycles. The molecule has 1 N–H and O–H groups in total. The summed E-state index contributed by atoms with van der Waals surface area (Å²) in [6, 6.07) is 6.83. The average molecular weight is 235 g/mol. The number of ether oxygens (including phenoxy) is 1. The van der Waals surface area contributed by atoms with Gasteiger partial charge in [0.15, 0.2) is 0 Å². The van der Waals surface area contributed by atoms with E-state index in [2.05, 4.69) is 51.2 Å². The van der Waals surface area contributed by atoms with E-state index in [-0.39, 0.29) is 5.60 Å². The summed E-state index contributed by atoms with van der Waals surface area (Å²) in [5, 5.41) is 3.40. The minimum absolute atomic E-state index is 0.107. The molecule has 0 aliphatic carbocycles. The highest BCUT2D eigenvalue weighted by atomic mass is 16.5. The molecule has 0 heterocycles. The Morgan fingerprint density at radius 3 is 2.47 bits per heavy atom. The van der Waals surface area contributed by atoms with Crippen LogP contribution in [0.25, 0.3) is 0 Å². The lowest BCUT2D eigenvalue weighted by atomic mass is 9.90. The van der Waals surface area contributed by atoms with E-state index in [1.54, 1.807) is 7.11 Å². The van der Waals surface area contributed by atoms with Crippen molar-refractivity contribution in [1.29, 1.82) is 0 Å². The van der Waals surface area contributed by atoms with E-state index in [4.69, 9.17) is 4.74 Å². The highest BCUT2D eigenvalue weighted by Crippen LogP contribution is 2.28. The van der Waals surface area contributed by atoms with Crippen LogP contribution in [-0.2, 0) is 4.74 Å². The van der Waals surface area contributed by atoms with Gasteiger partial charge in [-0.15, -0.1) is 0 Å². The van der Waals surface area contributed by atoms with Crippen LogP contribution in [0.1, 0.15) is 43.0 Å². The maximum absolute atomic E-state index is 5.52. The van der Waals surface area contributed by atoms with E-state index in [1.807, 2.05) is 7.05 Å². The van der Waals surface area contributed by atoms with Crippen molar-refractivity contribution in [3.05, 3.63) is 34.9 Å². The Balaban J connectivity index is 2.98.